The van der Waals surface area contributed by atoms with Gasteiger partial charge in [0.1, 0.15) is 11.3 Å². The van der Waals surface area contributed by atoms with Gasteiger partial charge in [-0.25, -0.2) is 9.97 Å². The molecule has 190 valence electrons. The van der Waals surface area contributed by atoms with Crippen LogP contribution in [0, 0.1) is 0 Å². The zero-order valence-electron chi connectivity index (χ0n) is 22.1. The van der Waals surface area contributed by atoms with Crippen LogP contribution in [0.2, 0.25) is 0 Å². The summed E-state index contributed by atoms with van der Waals surface area (Å²) in [5.41, 5.74) is 9.52. The number of pyridine rings is 1. The minimum absolute atomic E-state index is 0.0381. The topological polar surface area (TPSA) is 55.4 Å². The highest BCUT2D eigenvalue weighted by atomic mass is 16.3. The van der Waals surface area contributed by atoms with E-state index in [4.69, 9.17) is 9.97 Å². The number of hydrogen-bond donors (Lipinski definition) is 1. The monoisotopic (exact) mass is 508 g/mol. The van der Waals surface area contributed by atoms with Gasteiger partial charge in [-0.1, -0.05) is 75.4 Å². The maximum Gasteiger partial charge on any atom is 0.220 e. The van der Waals surface area contributed by atoms with E-state index in [9.17, 15) is 5.11 Å². The van der Waals surface area contributed by atoms with Crippen molar-refractivity contribution >= 4 is 27.8 Å². The van der Waals surface area contributed by atoms with Gasteiger partial charge in [0.2, 0.25) is 5.78 Å². The zero-order chi connectivity index (χ0) is 26.7. The lowest BCUT2D eigenvalue weighted by Crippen LogP contribution is -2.10. The van der Waals surface area contributed by atoms with Crippen molar-refractivity contribution < 1.29 is 5.11 Å². The highest BCUT2D eigenvalue weighted by Gasteiger charge is 2.20. The molecular formula is C34H28N4O. The lowest BCUT2D eigenvalue weighted by Gasteiger charge is -2.20. The highest BCUT2D eigenvalue weighted by Crippen LogP contribution is 2.36. The van der Waals surface area contributed by atoms with Crippen LogP contribution in [-0.4, -0.2) is 24.0 Å². The van der Waals surface area contributed by atoms with Crippen LogP contribution < -0.4 is 0 Å². The number of aromatic nitrogens is 4. The molecule has 5 heteroatoms. The molecule has 0 saturated heterocycles. The van der Waals surface area contributed by atoms with Crippen LogP contribution in [0.15, 0.2) is 109 Å². The van der Waals surface area contributed by atoms with E-state index in [0.29, 0.717) is 0 Å². The molecule has 4 aromatic carbocycles. The Morgan fingerprint density at radius 1 is 0.615 bits per heavy atom. The Hall–Kier alpha value is -4.90. The number of fused-ring (bicyclic) bond motifs is 5. The molecule has 0 unspecified atom stereocenters. The zero-order valence-corrected chi connectivity index (χ0v) is 22.1. The molecule has 0 atom stereocenters. The van der Waals surface area contributed by atoms with E-state index in [-0.39, 0.29) is 11.2 Å². The van der Waals surface area contributed by atoms with Gasteiger partial charge in [-0.15, -0.1) is 0 Å². The maximum absolute atomic E-state index is 10.7. The number of phenolic OH excluding ortho intramolecular Hbond substituents is 1. The third-order valence-corrected chi connectivity index (χ3v) is 7.41. The Bertz CT molecular complexity index is 2010. The molecule has 39 heavy (non-hydrogen) atoms. The lowest BCUT2D eigenvalue weighted by molar-refractivity contribution is 0.476. The van der Waals surface area contributed by atoms with Crippen molar-refractivity contribution in [3.05, 3.63) is 115 Å². The number of benzene rings is 4. The number of phenols is 1. The lowest BCUT2D eigenvalue weighted by atomic mass is 9.85. The van der Waals surface area contributed by atoms with Gasteiger partial charge in [0.15, 0.2) is 0 Å². The predicted octanol–water partition coefficient (Wildman–Crippen LogP) is 8.16. The first kappa shape index (κ1) is 23.2. The molecule has 3 aromatic heterocycles. The van der Waals surface area contributed by atoms with Crippen molar-refractivity contribution in [2.75, 3.05) is 0 Å². The molecule has 5 nitrogen and oxygen atoms in total. The Balaban J connectivity index is 1.46. The second kappa shape index (κ2) is 8.57. The molecule has 0 aliphatic heterocycles. The Morgan fingerprint density at radius 2 is 1.28 bits per heavy atom. The summed E-state index contributed by atoms with van der Waals surface area (Å²) in [4.78, 5) is 10.2. The summed E-state index contributed by atoms with van der Waals surface area (Å²) in [6, 6.07) is 36.7. The average Bonchev–Trinajstić information content (AvgIpc) is 3.48. The summed E-state index contributed by atoms with van der Waals surface area (Å²) in [6.07, 6.45) is 0. The fourth-order valence-corrected chi connectivity index (χ4v) is 5.41. The average molecular weight is 509 g/mol. The minimum atomic E-state index is -0.0381. The van der Waals surface area contributed by atoms with E-state index in [0.717, 1.165) is 61.6 Å². The maximum atomic E-state index is 10.7. The quantitative estimate of drug-likeness (QED) is 0.262. The molecule has 1 N–H and O–H groups in total. The molecular weight excluding hydrogens is 480 g/mol. The Morgan fingerprint density at radius 3 is 2.05 bits per heavy atom. The molecule has 3 heterocycles. The van der Waals surface area contributed by atoms with E-state index in [1.54, 1.807) is 6.07 Å². The van der Waals surface area contributed by atoms with Crippen LogP contribution in [0.1, 0.15) is 26.3 Å². The van der Waals surface area contributed by atoms with Gasteiger partial charge in [-0.05, 0) is 65.6 Å². The summed E-state index contributed by atoms with van der Waals surface area (Å²) in [6.45, 7) is 6.51. The van der Waals surface area contributed by atoms with Crippen LogP contribution in [0.5, 0.6) is 5.75 Å². The Kier molecular flexibility index (Phi) is 5.10. The number of imidazole rings is 2. The second-order valence-corrected chi connectivity index (χ2v) is 11.0. The van der Waals surface area contributed by atoms with Gasteiger partial charge in [0.05, 0.1) is 27.9 Å². The van der Waals surface area contributed by atoms with Crippen LogP contribution in [-0.2, 0) is 5.41 Å². The van der Waals surface area contributed by atoms with Crippen molar-refractivity contribution in [1.29, 1.82) is 0 Å². The minimum Gasteiger partial charge on any atom is -0.507 e. The summed E-state index contributed by atoms with van der Waals surface area (Å²) in [5, 5.41) is 10.7. The van der Waals surface area contributed by atoms with Crippen molar-refractivity contribution in [3.8, 4) is 34.0 Å². The van der Waals surface area contributed by atoms with Crippen molar-refractivity contribution in [3.63, 3.8) is 0 Å². The Labute approximate surface area is 226 Å². The number of rotatable bonds is 3. The van der Waals surface area contributed by atoms with Crippen molar-refractivity contribution in [2.24, 2.45) is 0 Å². The molecule has 7 aromatic rings. The fraction of sp³-hybridized carbons (Fsp3) is 0.118. The van der Waals surface area contributed by atoms with Crippen LogP contribution in [0.4, 0.5) is 0 Å². The molecule has 0 aliphatic carbocycles. The van der Waals surface area contributed by atoms with Crippen LogP contribution in [0.25, 0.3) is 56.0 Å². The van der Waals surface area contributed by atoms with Gasteiger partial charge in [0.25, 0.3) is 0 Å². The summed E-state index contributed by atoms with van der Waals surface area (Å²) >= 11 is 0. The third-order valence-electron chi connectivity index (χ3n) is 7.41. The summed E-state index contributed by atoms with van der Waals surface area (Å²) < 4.78 is 4.43. The molecule has 0 bridgehead atoms. The van der Waals surface area contributed by atoms with E-state index < -0.39 is 0 Å². The molecule has 0 amide bonds. The molecule has 0 radical (unpaired) electrons. The van der Waals surface area contributed by atoms with Crippen molar-refractivity contribution in [2.45, 2.75) is 26.2 Å². The van der Waals surface area contributed by atoms with Crippen molar-refractivity contribution in [1.82, 2.24) is 18.9 Å². The first-order valence-electron chi connectivity index (χ1n) is 13.2. The number of para-hydroxylation sites is 4. The van der Waals surface area contributed by atoms with Gasteiger partial charge >= 0.3 is 0 Å². The normalized spacial score (nSPS) is 12.1. The number of nitrogens with zero attached hydrogens (tertiary/aromatic N) is 4. The van der Waals surface area contributed by atoms with Crippen LogP contribution >= 0.6 is 0 Å². The largest absolute Gasteiger partial charge is 0.507 e. The summed E-state index contributed by atoms with van der Waals surface area (Å²) in [7, 11) is 0. The van der Waals surface area contributed by atoms with Gasteiger partial charge < -0.3 is 5.11 Å². The number of aromatic hydroxyl groups is 1. The van der Waals surface area contributed by atoms with E-state index >= 15 is 0 Å². The second-order valence-electron chi connectivity index (χ2n) is 11.0. The smallest absolute Gasteiger partial charge is 0.220 e. The third kappa shape index (κ3) is 3.69. The van der Waals surface area contributed by atoms with Crippen LogP contribution in [0.3, 0.4) is 0 Å². The standard InChI is InChI=1S/C34H28N4O/c1-34(2,3)22-19-20-31(39)25(21-22)27-15-10-14-26(35-27)24-13-9-18-30-32(24)36-33-37(23-11-5-4-6-12-23)28-16-7-8-17-29(28)38(30)33/h4-21,39H,1-3H3. The first-order chi connectivity index (χ1) is 18.9. The molecule has 7 rings (SSSR count). The summed E-state index contributed by atoms with van der Waals surface area (Å²) in [5.74, 6) is 1.08. The van der Waals surface area contributed by atoms with Gasteiger partial charge in [0, 0.05) is 16.8 Å². The van der Waals surface area contributed by atoms with Gasteiger partial charge in [-0.3, -0.25) is 8.97 Å². The highest BCUT2D eigenvalue weighted by molar-refractivity contribution is 5.98. The molecule has 0 saturated carbocycles. The van der Waals surface area contributed by atoms with E-state index in [1.165, 1.54) is 0 Å². The fourth-order valence-electron chi connectivity index (χ4n) is 5.41. The first-order valence-corrected chi connectivity index (χ1v) is 13.2. The molecule has 0 spiro atoms. The molecule has 0 aliphatic rings. The van der Waals surface area contributed by atoms with E-state index in [1.807, 2.05) is 48.5 Å². The van der Waals surface area contributed by atoms with E-state index in [2.05, 4.69) is 84.3 Å². The molecule has 0 fully saturated rings. The van der Waals surface area contributed by atoms with Gasteiger partial charge in [-0.2, -0.15) is 0 Å². The SMILES string of the molecule is CC(C)(C)c1ccc(O)c(-c2cccc(-c3cccc4c3nc3n(-c5ccccc5)c5ccccc5n43)n2)c1. The number of hydrogen-bond acceptors (Lipinski definition) is 3. The predicted molar refractivity (Wildman–Crippen MR) is 159 cm³/mol.